The molecule has 0 aliphatic heterocycles. The number of fused-ring (bicyclic) bond motifs is 1. The Morgan fingerprint density at radius 2 is 2.19 bits per heavy atom. The van der Waals surface area contributed by atoms with Crippen LogP contribution in [0.2, 0.25) is 0 Å². The first-order chi connectivity index (χ1) is 10.2. The number of methoxy groups -OCH3 is 1. The van der Waals surface area contributed by atoms with Crippen molar-refractivity contribution in [3.8, 4) is 17.0 Å². The average molecular weight is 281 g/mol. The fourth-order valence-corrected chi connectivity index (χ4v) is 2.23. The highest BCUT2D eigenvalue weighted by Gasteiger charge is 2.09. The van der Waals surface area contributed by atoms with Gasteiger partial charge in [-0.3, -0.25) is 4.79 Å². The normalized spacial score (nSPS) is 10.7. The molecule has 0 atom stereocenters. The lowest BCUT2D eigenvalue weighted by molar-refractivity contribution is 0.415. The summed E-state index contributed by atoms with van der Waals surface area (Å²) in [5.74, 6) is 0.758. The maximum atomic E-state index is 12.3. The van der Waals surface area contributed by atoms with Crippen LogP contribution >= 0.6 is 0 Å². The van der Waals surface area contributed by atoms with Crippen molar-refractivity contribution in [2.75, 3.05) is 7.11 Å². The lowest BCUT2D eigenvalue weighted by Gasteiger charge is -2.01. The van der Waals surface area contributed by atoms with E-state index in [4.69, 9.17) is 4.74 Å². The quantitative estimate of drug-likeness (QED) is 0.690. The Balaban J connectivity index is 2.14. The molecule has 0 saturated carbocycles. The minimum Gasteiger partial charge on any atom is -0.497 e. The van der Waals surface area contributed by atoms with Crippen molar-refractivity contribution >= 4 is 5.52 Å². The summed E-state index contributed by atoms with van der Waals surface area (Å²) in [5, 5.41) is 4.44. The lowest BCUT2D eigenvalue weighted by Crippen LogP contribution is -2.20. The molecule has 3 aromatic rings. The third-order valence-corrected chi connectivity index (χ3v) is 3.29. The highest BCUT2D eigenvalue weighted by molar-refractivity contribution is 5.66. The predicted octanol–water partition coefficient (Wildman–Crippen LogP) is 2.36. The second-order valence-electron chi connectivity index (χ2n) is 4.64. The van der Waals surface area contributed by atoms with E-state index in [9.17, 15) is 4.79 Å². The van der Waals surface area contributed by atoms with Crippen molar-refractivity contribution in [3.05, 3.63) is 65.7 Å². The molecule has 0 unspecified atom stereocenters. The Hall–Kier alpha value is -2.82. The first-order valence-electron chi connectivity index (χ1n) is 6.57. The number of benzene rings is 1. The summed E-state index contributed by atoms with van der Waals surface area (Å²) < 4.78 is 8.40. The van der Waals surface area contributed by atoms with Gasteiger partial charge in [-0.15, -0.1) is 6.58 Å². The van der Waals surface area contributed by atoms with E-state index < -0.39 is 0 Å². The van der Waals surface area contributed by atoms with Gasteiger partial charge in [-0.2, -0.15) is 5.10 Å². The number of ether oxygens (including phenoxy) is 1. The maximum absolute atomic E-state index is 12.3. The van der Waals surface area contributed by atoms with Crippen molar-refractivity contribution in [3.63, 3.8) is 0 Å². The molecule has 21 heavy (non-hydrogen) atoms. The van der Waals surface area contributed by atoms with E-state index in [0.29, 0.717) is 12.1 Å². The second kappa shape index (κ2) is 5.28. The number of hydrogen-bond acceptors (Lipinski definition) is 3. The fraction of sp³-hybridized carbons (Fsp3) is 0.125. The third-order valence-electron chi connectivity index (χ3n) is 3.29. The lowest BCUT2D eigenvalue weighted by atomic mass is 10.1. The van der Waals surface area contributed by atoms with Gasteiger partial charge in [0.05, 0.1) is 12.8 Å². The second-order valence-corrected chi connectivity index (χ2v) is 4.64. The van der Waals surface area contributed by atoms with Crippen LogP contribution in [0.5, 0.6) is 5.75 Å². The van der Waals surface area contributed by atoms with Crippen LogP contribution in [0, 0.1) is 0 Å². The van der Waals surface area contributed by atoms with Gasteiger partial charge in [0.1, 0.15) is 11.3 Å². The number of rotatable bonds is 4. The Kier molecular flexibility index (Phi) is 3.31. The molecule has 2 heterocycles. The summed E-state index contributed by atoms with van der Waals surface area (Å²) in [5.41, 5.74) is 2.10. The van der Waals surface area contributed by atoms with Gasteiger partial charge in [0.25, 0.3) is 5.56 Å². The van der Waals surface area contributed by atoms with Crippen LogP contribution in [0.3, 0.4) is 0 Å². The number of aromatic nitrogens is 3. The molecule has 0 spiro atoms. The van der Waals surface area contributed by atoms with Crippen molar-refractivity contribution < 1.29 is 4.74 Å². The molecule has 0 N–H and O–H groups in total. The van der Waals surface area contributed by atoms with Crippen LogP contribution in [-0.4, -0.2) is 21.3 Å². The summed E-state index contributed by atoms with van der Waals surface area (Å²) in [4.78, 5) is 12.3. The molecular formula is C16H15N3O2. The molecule has 5 heteroatoms. The molecule has 0 amide bonds. The Morgan fingerprint density at radius 1 is 1.33 bits per heavy atom. The van der Waals surface area contributed by atoms with E-state index >= 15 is 0 Å². The molecule has 3 rings (SSSR count). The van der Waals surface area contributed by atoms with E-state index in [-0.39, 0.29) is 5.56 Å². The minimum atomic E-state index is -0.0842. The summed E-state index contributed by atoms with van der Waals surface area (Å²) in [7, 11) is 1.62. The van der Waals surface area contributed by atoms with E-state index in [1.807, 2.05) is 24.3 Å². The van der Waals surface area contributed by atoms with Crippen molar-refractivity contribution in [2.24, 2.45) is 0 Å². The smallest absolute Gasteiger partial charge is 0.276 e. The number of nitrogens with zero attached hydrogens (tertiary/aromatic N) is 3. The monoisotopic (exact) mass is 281 g/mol. The first kappa shape index (κ1) is 13.2. The Morgan fingerprint density at radius 3 is 2.95 bits per heavy atom. The molecule has 0 aliphatic rings. The molecule has 0 radical (unpaired) electrons. The summed E-state index contributed by atoms with van der Waals surface area (Å²) >= 11 is 0. The number of hydrogen-bond donors (Lipinski definition) is 0. The predicted molar refractivity (Wildman–Crippen MR) is 81.6 cm³/mol. The van der Waals surface area contributed by atoms with Gasteiger partial charge in [-0.1, -0.05) is 18.2 Å². The zero-order chi connectivity index (χ0) is 14.8. The maximum Gasteiger partial charge on any atom is 0.276 e. The van der Waals surface area contributed by atoms with Gasteiger partial charge in [0.2, 0.25) is 0 Å². The summed E-state index contributed by atoms with van der Waals surface area (Å²) in [6.07, 6.45) is 5.17. The van der Waals surface area contributed by atoms with Crippen LogP contribution in [0.4, 0.5) is 0 Å². The molecule has 2 aromatic heterocycles. The van der Waals surface area contributed by atoms with Gasteiger partial charge in [0, 0.05) is 24.5 Å². The number of allylic oxidation sites excluding steroid dienone is 1. The highest BCUT2D eigenvalue weighted by atomic mass is 16.5. The van der Waals surface area contributed by atoms with Crippen LogP contribution in [0.25, 0.3) is 16.8 Å². The van der Waals surface area contributed by atoms with Crippen molar-refractivity contribution in [2.45, 2.75) is 6.54 Å². The van der Waals surface area contributed by atoms with Gasteiger partial charge < -0.3 is 9.30 Å². The van der Waals surface area contributed by atoms with Crippen LogP contribution < -0.4 is 10.3 Å². The largest absolute Gasteiger partial charge is 0.497 e. The fourth-order valence-electron chi connectivity index (χ4n) is 2.23. The van der Waals surface area contributed by atoms with Crippen molar-refractivity contribution in [1.82, 2.24) is 14.2 Å². The van der Waals surface area contributed by atoms with Gasteiger partial charge >= 0.3 is 0 Å². The molecule has 5 nitrogen and oxygen atoms in total. The molecule has 0 fully saturated rings. The molecular weight excluding hydrogens is 266 g/mol. The van der Waals surface area contributed by atoms with Gasteiger partial charge in [-0.05, 0) is 18.2 Å². The first-order valence-corrected chi connectivity index (χ1v) is 6.57. The standard InChI is InChI=1S/C16H15N3O2/c1-3-7-18-8-9-19-15(16(18)20)11-14(17-19)12-5-4-6-13(10-12)21-2/h3-6,8-11H,1,7H2,2H3. The Labute approximate surface area is 121 Å². The van der Waals surface area contributed by atoms with Crippen LogP contribution in [0.1, 0.15) is 0 Å². The van der Waals surface area contributed by atoms with Gasteiger partial charge in [-0.25, -0.2) is 4.52 Å². The van der Waals surface area contributed by atoms with Crippen LogP contribution in [-0.2, 0) is 6.54 Å². The summed E-state index contributed by atoms with van der Waals surface area (Å²) in [6, 6.07) is 9.39. The van der Waals surface area contributed by atoms with E-state index in [1.54, 1.807) is 40.7 Å². The minimum absolute atomic E-state index is 0.0842. The van der Waals surface area contributed by atoms with E-state index in [1.165, 1.54) is 0 Å². The summed E-state index contributed by atoms with van der Waals surface area (Å²) in [6.45, 7) is 4.13. The third kappa shape index (κ3) is 2.33. The average Bonchev–Trinajstić information content (AvgIpc) is 2.95. The van der Waals surface area contributed by atoms with Gasteiger partial charge in [0.15, 0.2) is 0 Å². The van der Waals surface area contributed by atoms with Crippen molar-refractivity contribution in [1.29, 1.82) is 0 Å². The molecule has 1 aromatic carbocycles. The van der Waals surface area contributed by atoms with E-state index in [0.717, 1.165) is 17.0 Å². The zero-order valence-electron chi connectivity index (χ0n) is 11.7. The van der Waals surface area contributed by atoms with Crippen LogP contribution in [0.15, 0.2) is 60.2 Å². The SMILES string of the molecule is C=CCn1ccn2nc(-c3cccc(OC)c3)cc2c1=O. The van der Waals surface area contributed by atoms with E-state index in [2.05, 4.69) is 11.7 Å². The molecule has 106 valence electrons. The molecule has 0 saturated heterocycles. The molecule has 0 bridgehead atoms. The Bertz CT molecular complexity index is 861. The topological polar surface area (TPSA) is 48.5 Å². The zero-order valence-corrected chi connectivity index (χ0v) is 11.7. The highest BCUT2D eigenvalue weighted by Crippen LogP contribution is 2.22. The molecule has 0 aliphatic carbocycles.